The van der Waals surface area contributed by atoms with E-state index in [2.05, 4.69) is 38.5 Å². The monoisotopic (exact) mass is 304 g/mol. The zero-order chi connectivity index (χ0) is 15.5. The third-order valence-electron chi connectivity index (χ3n) is 4.26. The second-order valence-electron chi connectivity index (χ2n) is 6.08. The van der Waals surface area contributed by atoms with Crippen molar-refractivity contribution in [1.82, 2.24) is 10.3 Å². The summed E-state index contributed by atoms with van der Waals surface area (Å²) in [6.07, 6.45) is 17.5. The maximum absolute atomic E-state index is 4.61. The number of aromatic amines is 1. The van der Waals surface area contributed by atoms with Gasteiger partial charge in [-0.2, -0.15) is 0 Å². The van der Waals surface area contributed by atoms with Crippen molar-refractivity contribution in [3.8, 4) is 0 Å². The van der Waals surface area contributed by atoms with Gasteiger partial charge in [0, 0.05) is 30.1 Å². The lowest BCUT2D eigenvalue weighted by molar-refractivity contribution is 0.596. The smallest absolute Gasteiger partial charge is 0.0659 e. The van der Waals surface area contributed by atoms with E-state index in [4.69, 9.17) is 0 Å². The Morgan fingerprint density at radius 1 is 1.13 bits per heavy atom. The van der Waals surface area contributed by atoms with Crippen LogP contribution in [0.5, 0.6) is 0 Å². The largest absolute Gasteiger partial charge is 0.359 e. The lowest BCUT2D eigenvalue weighted by atomic mass is 10.1. The minimum Gasteiger partial charge on any atom is -0.359 e. The molecule has 0 saturated carbocycles. The van der Waals surface area contributed by atoms with Crippen LogP contribution in [-0.4, -0.2) is 29.5 Å². The van der Waals surface area contributed by atoms with Crippen LogP contribution >= 0.6 is 0 Å². The lowest BCUT2D eigenvalue weighted by Crippen LogP contribution is -2.23. The molecule has 4 rings (SSSR count). The van der Waals surface area contributed by atoms with Crippen molar-refractivity contribution in [2.75, 3.05) is 6.54 Å². The minimum absolute atomic E-state index is 0.622. The molecule has 1 atom stereocenters. The highest BCUT2D eigenvalue weighted by molar-refractivity contribution is 6.08. The van der Waals surface area contributed by atoms with Crippen molar-refractivity contribution < 1.29 is 0 Å². The molecule has 1 saturated heterocycles. The Bertz CT molecular complexity index is 751. The molecule has 0 aliphatic carbocycles. The van der Waals surface area contributed by atoms with Gasteiger partial charge < -0.3 is 10.3 Å². The Morgan fingerprint density at radius 2 is 2.13 bits per heavy atom. The number of aliphatic imine (C=N–C) groups is 2. The van der Waals surface area contributed by atoms with Crippen LogP contribution in [-0.2, 0) is 6.42 Å². The third-order valence-corrected chi connectivity index (χ3v) is 4.26. The quantitative estimate of drug-likeness (QED) is 0.882. The summed E-state index contributed by atoms with van der Waals surface area (Å²) >= 11 is 0. The van der Waals surface area contributed by atoms with E-state index in [0.717, 1.165) is 35.8 Å². The van der Waals surface area contributed by atoms with E-state index in [1.54, 1.807) is 6.21 Å². The van der Waals surface area contributed by atoms with Crippen molar-refractivity contribution >= 4 is 18.0 Å². The lowest BCUT2D eigenvalue weighted by Gasteiger charge is -2.07. The van der Waals surface area contributed by atoms with Gasteiger partial charge in [-0.25, -0.2) is 4.99 Å². The normalized spacial score (nSPS) is 26.1. The molecule has 0 radical (unpaired) electrons. The van der Waals surface area contributed by atoms with Crippen molar-refractivity contribution in [2.45, 2.75) is 25.3 Å². The number of hydrogen-bond donors (Lipinski definition) is 2. The van der Waals surface area contributed by atoms with E-state index in [0.29, 0.717) is 6.04 Å². The van der Waals surface area contributed by atoms with Gasteiger partial charge in [0.15, 0.2) is 0 Å². The van der Waals surface area contributed by atoms with Crippen LogP contribution in [0.4, 0.5) is 0 Å². The Balaban J connectivity index is 1.44. The average Bonchev–Trinajstić information content (AvgIpc) is 3.31. The molecule has 4 nitrogen and oxygen atoms in total. The van der Waals surface area contributed by atoms with E-state index < -0.39 is 0 Å². The van der Waals surface area contributed by atoms with Gasteiger partial charge >= 0.3 is 0 Å². The topological polar surface area (TPSA) is 52.5 Å². The van der Waals surface area contributed by atoms with Crippen LogP contribution in [0.3, 0.4) is 0 Å². The number of nitrogens with zero attached hydrogens (tertiary/aromatic N) is 2. The number of rotatable bonds is 4. The van der Waals surface area contributed by atoms with E-state index in [9.17, 15) is 0 Å². The summed E-state index contributed by atoms with van der Waals surface area (Å²) in [5, 5.41) is 3.54. The van der Waals surface area contributed by atoms with Gasteiger partial charge in [0.2, 0.25) is 0 Å². The molecule has 0 aromatic carbocycles. The van der Waals surface area contributed by atoms with Gasteiger partial charge in [-0.3, -0.25) is 4.99 Å². The van der Waals surface area contributed by atoms with Crippen LogP contribution in [0.2, 0.25) is 0 Å². The summed E-state index contributed by atoms with van der Waals surface area (Å²) in [6.45, 7) is 1.15. The first-order valence-corrected chi connectivity index (χ1v) is 8.17. The molecule has 23 heavy (non-hydrogen) atoms. The number of hydrogen-bond acceptors (Lipinski definition) is 3. The summed E-state index contributed by atoms with van der Waals surface area (Å²) in [5.41, 5.74) is 5.25. The Labute approximate surface area is 136 Å². The van der Waals surface area contributed by atoms with Crippen LogP contribution in [0.15, 0.2) is 63.9 Å². The molecule has 1 fully saturated rings. The zero-order valence-corrected chi connectivity index (χ0v) is 13.0. The Morgan fingerprint density at radius 3 is 2.96 bits per heavy atom. The molecule has 3 aliphatic heterocycles. The van der Waals surface area contributed by atoms with E-state index in [1.165, 1.54) is 18.5 Å². The molecule has 4 heterocycles. The van der Waals surface area contributed by atoms with Crippen LogP contribution in [0.25, 0.3) is 6.08 Å². The standard InChI is InChI=1S/C19H20N4/c1-3-14(20-9-1)11-16-5-7-18(22-16)13-19-8-6-17(23-19)12-15-4-2-10-21-15/h1,3,5-9,11,13,15,21,23H,2,4,10,12H2. The van der Waals surface area contributed by atoms with Gasteiger partial charge in [0.05, 0.1) is 17.1 Å². The molecule has 1 aromatic heterocycles. The van der Waals surface area contributed by atoms with Gasteiger partial charge in [-0.05, 0) is 68.0 Å². The summed E-state index contributed by atoms with van der Waals surface area (Å²) in [6, 6.07) is 4.92. The third kappa shape index (κ3) is 3.48. The van der Waals surface area contributed by atoms with Gasteiger partial charge in [-0.15, -0.1) is 0 Å². The van der Waals surface area contributed by atoms with Gasteiger partial charge in [0.25, 0.3) is 0 Å². The number of aromatic nitrogens is 1. The first kappa shape index (κ1) is 14.2. The summed E-state index contributed by atoms with van der Waals surface area (Å²) in [5.74, 6) is 0. The van der Waals surface area contributed by atoms with Crippen molar-refractivity contribution in [3.05, 3.63) is 65.3 Å². The fraction of sp³-hybridized carbons (Fsp3) is 0.263. The van der Waals surface area contributed by atoms with Gasteiger partial charge in [-0.1, -0.05) is 0 Å². The zero-order valence-electron chi connectivity index (χ0n) is 13.0. The van der Waals surface area contributed by atoms with Crippen LogP contribution < -0.4 is 5.32 Å². The van der Waals surface area contributed by atoms with E-state index in [1.807, 2.05) is 30.4 Å². The number of allylic oxidation sites excluding steroid dienone is 5. The highest BCUT2D eigenvalue weighted by Gasteiger charge is 2.15. The molecule has 4 heteroatoms. The summed E-state index contributed by atoms with van der Waals surface area (Å²) in [4.78, 5) is 12.3. The van der Waals surface area contributed by atoms with Crippen molar-refractivity contribution in [2.24, 2.45) is 9.98 Å². The van der Waals surface area contributed by atoms with Crippen molar-refractivity contribution in [1.29, 1.82) is 0 Å². The summed E-state index contributed by atoms with van der Waals surface area (Å²) in [7, 11) is 0. The minimum atomic E-state index is 0.622. The van der Waals surface area contributed by atoms with E-state index >= 15 is 0 Å². The first-order valence-electron chi connectivity index (χ1n) is 8.17. The predicted octanol–water partition coefficient (Wildman–Crippen LogP) is 3.19. The molecular weight excluding hydrogens is 284 g/mol. The predicted molar refractivity (Wildman–Crippen MR) is 95.8 cm³/mol. The SMILES string of the molecule is C1=CC(=CC2=NC(=Cc3ccc(CC4CCCN4)[nH]3)C=C2)N=C1. The molecule has 0 amide bonds. The molecule has 116 valence electrons. The average molecular weight is 304 g/mol. The van der Waals surface area contributed by atoms with Crippen LogP contribution in [0, 0.1) is 0 Å². The fourth-order valence-corrected chi connectivity index (χ4v) is 3.12. The van der Waals surface area contributed by atoms with Crippen molar-refractivity contribution in [3.63, 3.8) is 0 Å². The molecule has 1 unspecified atom stereocenters. The second kappa shape index (κ2) is 6.34. The maximum atomic E-state index is 4.61. The highest BCUT2D eigenvalue weighted by Crippen LogP contribution is 2.17. The Kier molecular flexibility index (Phi) is 3.90. The molecule has 0 spiro atoms. The molecular formula is C19H20N4. The molecule has 2 N–H and O–H groups in total. The number of H-pyrrole nitrogens is 1. The second-order valence-corrected chi connectivity index (χ2v) is 6.08. The number of nitrogens with one attached hydrogen (secondary N) is 2. The van der Waals surface area contributed by atoms with Gasteiger partial charge in [0.1, 0.15) is 0 Å². The first-order chi connectivity index (χ1) is 11.3. The van der Waals surface area contributed by atoms with E-state index in [-0.39, 0.29) is 0 Å². The maximum Gasteiger partial charge on any atom is 0.0659 e. The molecule has 3 aliphatic rings. The summed E-state index contributed by atoms with van der Waals surface area (Å²) < 4.78 is 0. The van der Waals surface area contributed by atoms with Crippen LogP contribution in [0.1, 0.15) is 24.2 Å². The highest BCUT2D eigenvalue weighted by atomic mass is 14.9. The molecule has 1 aromatic rings. The Hall–Kier alpha value is -2.46. The molecule has 0 bridgehead atoms. The fourth-order valence-electron chi connectivity index (χ4n) is 3.12.